The van der Waals surface area contributed by atoms with Crippen LogP contribution in [0.3, 0.4) is 0 Å². The fourth-order valence-corrected chi connectivity index (χ4v) is 0.362. The molecule has 0 aliphatic carbocycles. The minimum atomic E-state index is -0.239. The topological polar surface area (TPSA) is 26.0 Å². The summed E-state index contributed by atoms with van der Waals surface area (Å²) in [5.41, 5.74) is 5.14. The first kappa shape index (κ1) is 6.89. The van der Waals surface area contributed by atoms with Crippen molar-refractivity contribution in [2.45, 2.75) is 13.3 Å². The quantitative estimate of drug-likeness (QED) is 0.568. The first-order chi connectivity index (χ1) is 3.31. The molecule has 2 N–H and O–H groups in total. The molecule has 0 radical (unpaired) electrons. The molecule has 0 rings (SSSR count). The van der Waals surface area contributed by atoms with Crippen LogP contribution >= 0.6 is 0 Å². The molecule has 0 heterocycles. The maximum absolute atomic E-state index is 11.5. The smallest absolute Gasteiger partial charge is 0.0920 e. The van der Waals surface area contributed by atoms with E-state index in [0.29, 0.717) is 6.54 Å². The Labute approximate surface area is 43.7 Å². The molecule has 0 aliphatic rings. The minimum Gasteiger partial charge on any atom is -0.330 e. The predicted molar refractivity (Wildman–Crippen MR) is 28.8 cm³/mol. The van der Waals surface area contributed by atoms with E-state index in [0.717, 1.165) is 6.42 Å². The van der Waals surface area contributed by atoms with Crippen LogP contribution in [0.2, 0.25) is 0 Å². The zero-order valence-electron chi connectivity index (χ0n) is 4.65. The molecule has 2 heteroatoms. The van der Waals surface area contributed by atoms with Crippen molar-refractivity contribution in [3.05, 3.63) is 0 Å². The van der Waals surface area contributed by atoms with Crippen LogP contribution < -0.4 is 5.73 Å². The van der Waals surface area contributed by atoms with E-state index < -0.39 is 0 Å². The van der Waals surface area contributed by atoms with Gasteiger partial charge in [0.05, 0.1) is 6.67 Å². The Morgan fingerprint density at radius 2 is 2.29 bits per heavy atom. The highest BCUT2D eigenvalue weighted by Crippen LogP contribution is 1.98. The molecule has 0 bridgehead atoms. The average molecular weight is 105 g/mol. The van der Waals surface area contributed by atoms with Crippen molar-refractivity contribution < 1.29 is 4.39 Å². The standard InChI is InChI=1S/C5H12FN/c1-5(4-6)2-3-7/h5H,2-4,7H2,1H3. The Morgan fingerprint density at radius 3 is 2.43 bits per heavy atom. The summed E-state index contributed by atoms with van der Waals surface area (Å²) in [6.45, 7) is 2.22. The summed E-state index contributed by atoms with van der Waals surface area (Å²) in [4.78, 5) is 0. The number of rotatable bonds is 3. The molecule has 44 valence electrons. The van der Waals surface area contributed by atoms with Gasteiger partial charge >= 0.3 is 0 Å². The predicted octanol–water partition coefficient (Wildman–Crippen LogP) is 0.941. The highest BCUT2D eigenvalue weighted by atomic mass is 19.1. The lowest BCUT2D eigenvalue weighted by Gasteiger charge is -2.00. The van der Waals surface area contributed by atoms with Crippen LogP contribution in [-0.4, -0.2) is 13.2 Å². The van der Waals surface area contributed by atoms with Crippen LogP contribution in [0.15, 0.2) is 0 Å². The normalized spacial score (nSPS) is 14.1. The molecule has 0 aromatic carbocycles. The highest BCUT2D eigenvalue weighted by molar-refractivity contribution is 4.48. The summed E-state index contributed by atoms with van der Waals surface area (Å²) < 4.78 is 11.5. The highest BCUT2D eigenvalue weighted by Gasteiger charge is 1.95. The van der Waals surface area contributed by atoms with Gasteiger partial charge in [-0.2, -0.15) is 0 Å². The Morgan fingerprint density at radius 1 is 1.71 bits per heavy atom. The zero-order valence-corrected chi connectivity index (χ0v) is 4.65. The average Bonchev–Trinajstić information content (AvgIpc) is 1.68. The van der Waals surface area contributed by atoms with E-state index in [4.69, 9.17) is 5.73 Å². The van der Waals surface area contributed by atoms with E-state index in [1.807, 2.05) is 6.92 Å². The van der Waals surface area contributed by atoms with E-state index >= 15 is 0 Å². The molecular weight excluding hydrogens is 93.1 g/mol. The van der Waals surface area contributed by atoms with Gasteiger partial charge in [-0.05, 0) is 18.9 Å². The monoisotopic (exact) mass is 105 g/mol. The molecule has 7 heavy (non-hydrogen) atoms. The van der Waals surface area contributed by atoms with Crippen LogP contribution in [0.25, 0.3) is 0 Å². The third-order valence-corrected chi connectivity index (χ3v) is 0.923. The van der Waals surface area contributed by atoms with E-state index in [1.54, 1.807) is 0 Å². The van der Waals surface area contributed by atoms with Crippen molar-refractivity contribution in [2.75, 3.05) is 13.2 Å². The van der Waals surface area contributed by atoms with Gasteiger partial charge in [0.25, 0.3) is 0 Å². The van der Waals surface area contributed by atoms with Crippen molar-refractivity contribution in [3.63, 3.8) is 0 Å². The van der Waals surface area contributed by atoms with Gasteiger partial charge in [-0.25, -0.2) is 0 Å². The third kappa shape index (κ3) is 3.73. The van der Waals surface area contributed by atoms with Crippen LogP contribution in [0.5, 0.6) is 0 Å². The molecule has 0 aromatic rings. The van der Waals surface area contributed by atoms with E-state index in [2.05, 4.69) is 0 Å². The Bertz CT molecular complexity index is 39.1. The second-order valence-electron chi connectivity index (χ2n) is 1.84. The van der Waals surface area contributed by atoms with Crippen LogP contribution in [-0.2, 0) is 0 Å². The van der Waals surface area contributed by atoms with Gasteiger partial charge in [-0.1, -0.05) is 6.92 Å². The number of alkyl halides is 1. The second kappa shape index (κ2) is 4.06. The zero-order chi connectivity index (χ0) is 5.70. The van der Waals surface area contributed by atoms with Gasteiger partial charge in [0.2, 0.25) is 0 Å². The van der Waals surface area contributed by atoms with E-state index in [9.17, 15) is 4.39 Å². The fourth-order valence-electron chi connectivity index (χ4n) is 0.362. The fraction of sp³-hybridized carbons (Fsp3) is 1.00. The van der Waals surface area contributed by atoms with Gasteiger partial charge < -0.3 is 5.73 Å². The Balaban J connectivity index is 2.83. The van der Waals surface area contributed by atoms with Gasteiger partial charge in [0, 0.05) is 0 Å². The van der Waals surface area contributed by atoms with Crippen molar-refractivity contribution >= 4 is 0 Å². The second-order valence-corrected chi connectivity index (χ2v) is 1.84. The molecule has 1 unspecified atom stereocenters. The van der Waals surface area contributed by atoms with E-state index in [1.165, 1.54) is 0 Å². The van der Waals surface area contributed by atoms with Gasteiger partial charge in [-0.3, -0.25) is 4.39 Å². The van der Waals surface area contributed by atoms with Crippen molar-refractivity contribution in [3.8, 4) is 0 Å². The SMILES string of the molecule is CC(CF)CCN. The molecule has 1 nitrogen and oxygen atoms in total. The van der Waals surface area contributed by atoms with E-state index in [-0.39, 0.29) is 12.6 Å². The number of halogens is 1. The molecule has 0 spiro atoms. The molecule has 0 saturated heterocycles. The summed E-state index contributed by atoms with van der Waals surface area (Å²) in [6, 6.07) is 0. The summed E-state index contributed by atoms with van der Waals surface area (Å²) >= 11 is 0. The summed E-state index contributed by atoms with van der Waals surface area (Å²) in [5.74, 6) is 0.157. The number of nitrogens with two attached hydrogens (primary N) is 1. The van der Waals surface area contributed by atoms with Crippen molar-refractivity contribution in [1.82, 2.24) is 0 Å². The summed E-state index contributed by atoms with van der Waals surface area (Å²) in [6.07, 6.45) is 0.802. The summed E-state index contributed by atoms with van der Waals surface area (Å²) in [7, 11) is 0. The molecule has 0 saturated carbocycles. The lowest BCUT2D eigenvalue weighted by atomic mass is 10.1. The largest absolute Gasteiger partial charge is 0.330 e. The molecule has 0 aromatic heterocycles. The number of hydrogen-bond acceptors (Lipinski definition) is 1. The third-order valence-electron chi connectivity index (χ3n) is 0.923. The van der Waals surface area contributed by atoms with Crippen LogP contribution in [0, 0.1) is 5.92 Å². The molecule has 0 fully saturated rings. The Hall–Kier alpha value is -0.110. The summed E-state index contributed by atoms with van der Waals surface area (Å²) in [5, 5.41) is 0. The molecule has 0 amide bonds. The van der Waals surface area contributed by atoms with Crippen LogP contribution in [0.1, 0.15) is 13.3 Å². The maximum atomic E-state index is 11.5. The maximum Gasteiger partial charge on any atom is 0.0920 e. The van der Waals surface area contributed by atoms with Crippen molar-refractivity contribution in [2.24, 2.45) is 11.7 Å². The lowest BCUT2D eigenvalue weighted by molar-refractivity contribution is 0.369. The van der Waals surface area contributed by atoms with Gasteiger partial charge in [-0.15, -0.1) is 0 Å². The first-order valence-corrected chi connectivity index (χ1v) is 2.57. The van der Waals surface area contributed by atoms with Gasteiger partial charge in [0.15, 0.2) is 0 Å². The van der Waals surface area contributed by atoms with Gasteiger partial charge in [0.1, 0.15) is 0 Å². The minimum absolute atomic E-state index is 0.157. The van der Waals surface area contributed by atoms with Crippen molar-refractivity contribution in [1.29, 1.82) is 0 Å². The Kier molecular flexibility index (Phi) is 4.00. The molecule has 0 aliphatic heterocycles. The van der Waals surface area contributed by atoms with Crippen LogP contribution in [0.4, 0.5) is 4.39 Å². The first-order valence-electron chi connectivity index (χ1n) is 2.57. The number of hydrogen-bond donors (Lipinski definition) is 1. The molecule has 1 atom stereocenters. The lowest BCUT2D eigenvalue weighted by Crippen LogP contribution is -2.06. The molecular formula is C5H12FN.